The number of carbonyl (C=O) groups excluding carboxylic acids is 1. The van der Waals surface area contributed by atoms with Crippen molar-refractivity contribution < 1.29 is 24.2 Å². The van der Waals surface area contributed by atoms with Gasteiger partial charge in [0.15, 0.2) is 6.10 Å². The minimum absolute atomic E-state index is 0.1000. The number of rotatable bonds is 8. The molecule has 0 aliphatic heterocycles. The zero-order chi connectivity index (χ0) is 14.8. The molecule has 0 aromatic heterocycles. The zero-order valence-electron chi connectivity index (χ0n) is 11.2. The van der Waals surface area contributed by atoms with Crippen LogP contribution in [0.1, 0.15) is 0 Å². The second kappa shape index (κ2) is 8.76. The highest BCUT2D eigenvalue weighted by molar-refractivity contribution is 5.76. The van der Waals surface area contributed by atoms with E-state index in [2.05, 4.69) is 15.4 Å². The summed E-state index contributed by atoms with van der Waals surface area (Å²) in [7, 11) is 1.27. The number of ether oxygens (including phenoxy) is 2. The molecule has 20 heavy (non-hydrogen) atoms. The zero-order valence-corrected chi connectivity index (χ0v) is 11.2. The summed E-state index contributed by atoms with van der Waals surface area (Å²) >= 11 is 0. The van der Waals surface area contributed by atoms with E-state index in [0.29, 0.717) is 13.2 Å². The Morgan fingerprint density at radius 2 is 1.95 bits per heavy atom. The van der Waals surface area contributed by atoms with Crippen molar-refractivity contribution in [2.24, 2.45) is 0 Å². The first-order valence-electron chi connectivity index (χ1n) is 6.08. The minimum atomic E-state index is -1.12. The lowest BCUT2D eigenvalue weighted by atomic mass is 10.3. The Bertz CT molecular complexity index is 424. The van der Waals surface area contributed by atoms with E-state index in [0.717, 1.165) is 5.75 Å². The third-order valence-electron chi connectivity index (χ3n) is 2.41. The van der Waals surface area contributed by atoms with E-state index < -0.39 is 18.1 Å². The van der Waals surface area contributed by atoms with Crippen LogP contribution in [-0.2, 0) is 9.53 Å². The Labute approximate surface area is 116 Å². The van der Waals surface area contributed by atoms with Gasteiger partial charge in [0.2, 0.25) is 0 Å². The fraction of sp³-hybridized carbons (Fsp3) is 0.385. The summed E-state index contributed by atoms with van der Waals surface area (Å²) in [5, 5.41) is 13.7. The van der Waals surface area contributed by atoms with E-state index >= 15 is 0 Å². The highest BCUT2D eigenvalue weighted by Gasteiger charge is 2.16. The Morgan fingerprint density at radius 1 is 1.25 bits per heavy atom. The van der Waals surface area contributed by atoms with E-state index in [1.807, 2.05) is 30.3 Å². The van der Waals surface area contributed by atoms with Gasteiger partial charge in [-0.05, 0) is 12.1 Å². The van der Waals surface area contributed by atoms with E-state index in [-0.39, 0.29) is 6.54 Å². The number of hydrogen-bond donors (Lipinski definition) is 3. The number of para-hydroxylation sites is 1. The van der Waals surface area contributed by atoms with Crippen molar-refractivity contribution in [3.63, 3.8) is 0 Å². The van der Waals surface area contributed by atoms with E-state index in [1.165, 1.54) is 7.11 Å². The summed E-state index contributed by atoms with van der Waals surface area (Å²) in [4.78, 5) is 22.0. The van der Waals surface area contributed by atoms with Gasteiger partial charge in [0.1, 0.15) is 12.4 Å². The van der Waals surface area contributed by atoms with Crippen LogP contribution in [0.15, 0.2) is 30.3 Å². The molecule has 1 rings (SSSR count). The van der Waals surface area contributed by atoms with Gasteiger partial charge in [0.25, 0.3) is 0 Å². The molecule has 110 valence electrons. The molecular weight excluding hydrogens is 264 g/mol. The topological polar surface area (TPSA) is 96.9 Å². The number of carboxylic acids is 1. The first kappa shape index (κ1) is 15.8. The fourth-order valence-corrected chi connectivity index (χ4v) is 1.37. The molecule has 7 heteroatoms. The molecule has 1 aromatic carbocycles. The van der Waals surface area contributed by atoms with Crippen LogP contribution in [0.5, 0.6) is 5.75 Å². The minimum Gasteiger partial charge on any atom is -0.492 e. The van der Waals surface area contributed by atoms with Crippen molar-refractivity contribution in [3.8, 4) is 5.75 Å². The highest BCUT2D eigenvalue weighted by Crippen LogP contribution is 2.07. The second-order valence-electron chi connectivity index (χ2n) is 3.86. The van der Waals surface area contributed by atoms with Crippen LogP contribution < -0.4 is 15.4 Å². The molecule has 7 nitrogen and oxygen atoms in total. The van der Waals surface area contributed by atoms with Gasteiger partial charge in [0, 0.05) is 7.11 Å². The summed E-state index contributed by atoms with van der Waals surface area (Å²) < 4.78 is 10.1. The Balaban J connectivity index is 2.13. The number of carboxylic acid groups (broad SMARTS) is 1. The average Bonchev–Trinajstić information content (AvgIpc) is 2.45. The predicted molar refractivity (Wildman–Crippen MR) is 71.8 cm³/mol. The fourth-order valence-electron chi connectivity index (χ4n) is 1.37. The Hall–Kier alpha value is -2.28. The van der Waals surface area contributed by atoms with Crippen LogP contribution in [0.2, 0.25) is 0 Å². The van der Waals surface area contributed by atoms with Crippen molar-refractivity contribution in [2.75, 3.05) is 26.8 Å². The first-order valence-corrected chi connectivity index (χ1v) is 6.08. The summed E-state index contributed by atoms with van der Waals surface area (Å²) in [5.74, 6) is -0.403. The maximum Gasteiger partial charge on any atom is 0.334 e. The highest BCUT2D eigenvalue weighted by atomic mass is 16.5. The molecule has 3 N–H and O–H groups in total. The number of amides is 2. The predicted octanol–water partition coefficient (Wildman–Crippen LogP) is 0.464. The van der Waals surface area contributed by atoms with Gasteiger partial charge in [-0.25, -0.2) is 9.59 Å². The van der Waals surface area contributed by atoms with Crippen LogP contribution in [-0.4, -0.2) is 50.0 Å². The quantitative estimate of drug-likeness (QED) is 0.602. The molecule has 0 heterocycles. The van der Waals surface area contributed by atoms with E-state index in [9.17, 15) is 9.59 Å². The smallest absolute Gasteiger partial charge is 0.334 e. The number of aliphatic carboxylic acids is 1. The second-order valence-corrected chi connectivity index (χ2v) is 3.86. The molecule has 1 unspecified atom stereocenters. The van der Waals surface area contributed by atoms with Gasteiger partial charge in [-0.1, -0.05) is 18.2 Å². The molecule has 0 saturated carbocycles. The molecule has 0 aliphatic carbocycles. The van der Waals surface area contributed by atoms with Crippen molar-refractivity contribution in [3.05, 3.63) is 30.3 Å². The number of urea groups is 1. The molecule has 0 saturated heterocycles. The molecule has 2 amide bonds. The largest absolute Gasteiger partial charge is 0.492 e. The standard InChI is InChI=1S/C13H18N2O5/c1-19-11(12(16)17)9-15-13(18)14-7-8-20-10-5-3-2-4-6-10/h2-6,11H,7-9H2,1H3,(H,16,17)(H2,14,15,18). The summed E-state index contributed by atoms with van der Waals surface area (Å²) in [6.45, 7) is 0.534. The van der Waals surface area contributed by atoms with Crippen LogP contribution in [0, 0.1) is 0 Å². The molecule has 0 fully saturated rings. The monoisotopic (exact) mass is 282 g/mol. The molecule has 1 atom stereocenters. The number of nitrogens with one attached hydrogen (secondary N) is 2. The van der Waals surface area contributed by atoms with Crippen molar-refractivity contribution in [2.45, 2.75) is 6.10 Å². The van der Waals surface area contributed by atoms with Crippen molar-refractivity contribution in [1.82, 2.24) is 10.6 Å². The Morgan fingerprint density at radius 3 is 2.55 bits per heavy atom. The number of carbonyl (C=O) groups is 2. The average molecular weight is 282 g/mol. The number of methoxy groups -OCH3 is 1. The first-order chi connectivity index (χ1) is 9.63. The molecule has 0 radical (unpaired) electrons. The van der Waals surface area contributed by atoms with Crippen LogP contribution >= 0.6 is 0 Å². The lowest BCUT2D eigenvalue weighted by molar-refractivity contribution is -0.147. The van der Waals surface area contributed by atoms with Gasteiger partial charge in [0.05, 0.1) is 13.1 Å². The maximum absolute atomic E-state index is 11.4. The third kappa shape index (κ3) is 6.05. The van der Waals surface area contributed by atoms with Crippen LogP contribution in [0.25, 0.3) is 0 Å². The van der Waals surface area contributed by atoms with Gasteiger partial charge in [-0.2, -0.15) is 0 Å². The lowest BCUT2D eigenvalue weighted by Crippen LogP contribution is -2.43. The van der Waals surface area contributed by atoms with E-state index in [4.69, 9.17) is 9.84 Å². The van der Waals surface area contributed by atoms with Gasteiger partial charge >= 0.3 is 12.0 Å². The van der Waals surface area contributed by atoms with Gasteiger partial charge in [-0.3, -0.25) is 0 Å². The van der Waals surface area contributed by atoms with Gasteiger partial charge < -0.3 is 25.2 Å². The number of benzene rings is 1. The van der Waals surface area contributed by atoms with Gasteiger partial charge in [-0.15, -0.1) is 0 Å². The van der Waals surface area contributed by atoms with Crippen LogP contribution in [0.4, 0.5) is 4.79 Å². The summed E-state index contributed by atoms with van der Waals surface area (Å²) in [5.41, 5.74) is 0. The molecule has 0 bridgehead atoms. The van der Waals surface area contributed by atoms with Crippen molar-refractivity contribution in [1.29, 1.82) is 0 Å². The SMILES string of the molecule is COC(CNC(=O)NCCOc1ccccc1)C(=O)O. The third-order valence-corrected chi connectivity index (χ3v) is 2.41. The van der Waals surface area contributed by atoms with Crippen LogP contribution in [0.3, 0.4) is 0 Å². The Kier molecular flexibility index (Phi) is 6.91. The maximum atomic E-state index is 11.4. The normalized spacial score (nSPS) is 11.4. The molecule has 1 aromatic rings. The molecule has 0 aliphatic rings. The molecule has 0 spiro atoms. The summed E-state index contributed by atoms with van der Waals surface area (Å²) in [6.07, 6.45) is -1.05. The molecular formula is C13H18N2O5. The lowest BCUT2D eigenvalue weighted by Gasteiger charge is -2.12. The van der Waals surface area contributed by atoms with Crippen molar-refractivity contribution >= 4 is 12.0 Å². The summed E-state index contributed by atoms with van der Waals surface area (Å²) in [6, 6.07) is 8.75. The number of hydrogen-bond acceptors (Lipinski definition) is 4. The van der Waals surface area contributed by atoms with E-state index in [1.54, 1.807) is 0 Å².